The average molecular weight is 204 g/mol. The smallest absolute Gasteiger partial charge is 0.205 e. The van der Waals surface area contributed by atoms with E-state index in [4.69, 9.17) is 4.74 Å². The first-order chi connectivity index (χ1) is 7.23. The lowest BCUT2D eigenvalue weighted by Gasteiger charge is -2.11. The third-order valence-corrected chi connectivity index (χ3v) is 2.97. The molecular formula is C12H12O3. The van der Waals surface area contributed by atoms with Gasteiger partial charge >= 0.3 is 0 Å². The van der Waals surface area contributed by atoms with Crippen molar-refractivity contribution in [2.24, 2.45) is 0 Å². The number of ether oxygens (including phenoxy) is 1. The van der Waals surface area contributed by atoms with E-state index in [0.29, 0.717) is 6.29 Å². The van der Waals surface area contributed by atoms with E-state index in [1.54, 1.807) is 7.11 Å². The molecule has 0 atom stereocenters. The summed E-state index contributed by atoms with van der Waals surface area (Å²) in [5, 5.41) is 0. The highest BCUT2D eigenvalue weighted by Crippen LogP contribution is 2.48. The van der Waals surface area contributed by atoms with Crippen LogP contribution in [0.15, 0.2) is 24.3 Å². The number of hydrogen-bond acceptors (Lipinski definition) is 3. The van der Waals surface area contributed by atoms with Crippen LogP contribution in [0.4, 0.5) is 0 Å². The molecule has 0 spiro atoms. The normalized spacial score (nSPS) is 16.9. The first-order valence-electron chi connectivity index (χ1n) is 4.87. The molecule has 1 aliphatic carbocycles. The molecule has 0 N–H and O–H groups in total. The summed E-state index contributed by atoms with van der Waals surface area (Å²) in [6, 6.07) is 7.33. The fourth-order valence-electron chi connectivity index (χ4n) is 1.83. The van der Waals surface area contributed by atoms with Crippen LogP contribution < -0.4 is 4.74 Å². The molecule has 0 bridgehead atoms. The lowest BCUT2D eigenvalue weighted by Crippen LogP contribution is -2.21. The molecule has 2 rings (SSSR count). The molecule has 1 saturated carbocycles. The highest BCUT2D eigenvalue weighted by atomic mass is 16.5. The van der Waals surface area contributed by atoms with Gasteiger partial charge in [0, 0.05) is 0 Å². The third-order valence-electron chi connectivity index (χ3n) is 2.97. The second-order valence-electron chi connectivity index (χ2n) is 3.79. The third kappa shape index (κ3) is 1.54. The molecule has 3 nitrogen and oxygen atoms in total. The molecule has 3 heteroatoms. The van der Waals surface area contributed by atoms with Crippen LogP contribution in [0.1, 0.15) is 18.4 Å². The molecule has 78 valence electrons. The van der Waals surface area contributed by atoms with E-state index >= 15 is 0 Å². The maximum Gasteiger partial charge on any atom is 0.205 e. The summed E-state index contributed by atoms with van der Waals surface area (Å²) in [6.07, 6.45) is 1.98. The van der Waals surface area contributed by atoms with E-state index in [0.717, 1.165) is 24.2 Å². The van der Waals surface area contributed by atoms with Crippen LogP contribution in [0, 0.1) is 0 Å². The van der Waals surface area contributed by atoms with Gasteiger partial charge in [0.25, 0.3) is 0 Å². The number of benzene rings is 1. The zero-order valence-corrected chi connectivity index (χ0v) is 8.53. The second-order valence-corrected chi connectivity index (χ2v) is 3.79. The van der Waals surface area contributed by atoms with Gasteiger partial charge in [0.1, 0.15) is 5.75 Å². The minimum atomic E-state index is -0.520. The molecule has 0 amide bonds. The van der Waals surface area contributed by atoms with Gasteiger partial charge in [-0.15, -0.1) is 0 Å². The van der Waals surface area contributed by atoms with E-state index in [1.807, 2.05) is 24.3 Å². The molecule has 0 aliphatic heterocycles. The Morgan fingerprint density at radius 2 is 1.93 bits per heavy atom. The molecule has 1 fully saturated rings. The van der Waals surface area contributed by atoms with Crippen LogP contribution in [0.3, 0.4) is 0 Å². The van der Waals surface area contributed by atoms with Gasteiger partial charge < -0.3 is 4.74 Å². The Balaban J connectivity index is 2.30. The van der Waals surface area contributed by atoms with Crippen molar-refractivity contribution < 1.29 is 14.3 Å². The quantitative estimate of drug-likeness (QED) is 0.551. The molecule has 0 heterocycles. The van der Waals surface area contributed by atoms with Gasteiger partial charge in [-0.05, 0) is 30.5 Å². The summed E-state index contributed by atoms with van der Waals surface area (Å²) < 4.78 is 5.03. The summed E-state index contributed by atoms with van der Waals surface area (Å²) >= 11 is 0. The zero-order valence-electron chi connectivity index (χ0n) is 8.53. The van der Waals surface area contributed by atoms with Crippen molar-refractivity contribution >= 4 is 12.1 Å². The van der Waals surface area contributed by atoms with Crippen LogP contribution in [0.25, 0.3) is 0 Å². The van der Waals surface area contributed by atoms with Crippen molar-refractivity contribution in [3.8, 4) is 5.75 Å². The molecule has 0 unspecified atom stereocenters. The first-order valence-corrected chi connectivity index (χ1v) is 4.87. The Kier molecular flexibility index (Phi) is 2.31. The molecule has 0 aromatic heterocycles. The van der Waals surface area contributed by atoms with Gasteiger partial charge in [0.2, 0.25) is 5.78 Å². The van der Waals surface area contributed by atoms with Crippen molar-refractivity contribution in [1.29, 1.82) is 0 Å². The predicted octanol–water partition coefficient (Wildman–Crippen LogP) is 1.49. The lowest BCUT2D eigenvalue weighted by atomic mass is 9.92. The second kappa shape index (κ2) is 3.50. The average Bonchev–Trinajstić information content (AvgIpc) is 3.09. The number of Topliss-reactive ketones (excluding diaryl/α,β-unsaturated/α-hetero) is 1. The monoisotopic (exact) mass is 204 g/mol. The largest absolute Gasteiger partial charge is 0.497 e. The number of aldehydes is 1. The van der Waals surface area contributed by atoms with Crippen molar-refractivity contribution in [3.05, 3.63) is 29.8 Å². The Morgan fingerprint density at radius 1 is 1.33 bits per heavy atom. The van der Waals surface area contributed by atoms with Crippen molar-refractivity contribution in [2.45, 2.75) is 18.3 Å². The summed E-state index contributed by atoms with van der Waals surface area (Å²) in [7, 11) is 1.60. The molecule has 1 aromatic carbocycles. The number of carbonyl (C=O) groups excluding carboxylic acids is 2. The van der Waals surface area contributed by atoms with Crippen LogP contribution in [-0.2, 0) is 15.0 Å². The first kappa shape index (κ1) is 9.90. The molecule has 1 aromatic rings. The minimum Gasteiger partial charge on any atom is -0.497 e. The maximum absolute atomic E-state index is 11.5. The number of hydrogen-bond donors (Lipinski definition) is 0. The van der Waals surface area contributed by atoms with E-state index in [1.165, 1.54) is 0 Å². The molecule has 1 aliphatic rings. The van der Waals surface area contributed by atoms with Gasteiger partial charge in [0.05, 0.1) is 12.5 Å². The minimum absolute atomic E-state index is 0.312. The SMILES string of the molecule is COc1ccc(C2(C(=O)C=O)CC2)cc1. The van der Waals surface area contributed by atoms with Crippen molar-refractivity contribution in [1.82, 2.24) is 0 Å². The fourth-order valence-corrected chi connectivity index (χ4v) is 1.83. The summed E-state index contributed by atoms with van der Waals surface area (Å²) in [4.78, 5) is 22.0. The predicted molar refractivity (Wildman–Crippen MR) is 55.0 cm³/mol. The summed E-state index contributed by atoms with van der Waals surface area (Å²) in [5.41, 5.74) is 0.397. The zero-order chi connectivity index (χ0) is 10.9. The van der Waals surface area contributed by atoms with Crippen molar-refractivity contribution in [2.75, 3.05) is 7.11 Å². The Morgan fingerprint density at radius 3 is 2.33 bits per heavy atom. The van der Waals surface area contributed by atoms with Crippen LogP contribution in [0.5, 0.6) is 5.75 Å². The maximum atomic E-state index is 11.5. The number of methoxy groups -OCH3 is 1. The summed E-state index contributed by atoms with van der Waals surface area (Å²) in [5.74, 6) is 0.445. The molecule has 15 heavy (non-hydrogen) atoms. The van der Waals surface area contributed by atoms with E-state index in [9.17, 15) is 9.59 Å². The molecule has 0 saturated heterocycles. The number of carbonyl (C=O) groups is 2. The lowest BCUT2D eigenvalue weighted by molar-refractivity contribution is -0.131. The molecular weight excluding hydrogens is 192 g/mol. The number of ketones is 1. The van der Waals surface area contributed by atoms with Crippen LogP contribution in [0.2, 0.25) is 0 Å². The number of rotatable bonds is 4. The standard InChI is InChI=1S/C12H12O3/c1-15-10-4-2-9(3-5-10)12(6-7-12)11(14)8-13/h2-5,8H,6-7H2,1H3. The van der Waals surface area contributed by atoms with Gasteiger partial charge in [-0.25, -0.2) is 0 Å². The Bertz CT molecular complexity index is 388. The van der Waals surface area contributed by atoms with Gasteiger partial charge in [0.15, 0.2) is 6.29 Å². The Labute approximate surface area is 88.1 Å². The van der Waals surface area contributed by atoms with E-state index in [-0.39, 0.29) is 5.78 Å². The fraction of sp³-hybridized carbons (Fsp3) is 0.333. The summed E-state index contributed by atoms with van der Waals surface area (Å²) in [6.45, 7) is 0. The van der Waals surface area contributed by atoms with Crippen molar-refractivity contribution in [3.63, 3.8) is 0 Å². The van der Waals surface area contributed by atoms with Gasteiger partial charge in [-0.3, -0.25) is 9.59 Å². The van der Waals surface area contributed by atoms with E-state index in [2.05, 4.69) is 0 Å². The van der Waals surface area contributed by atoms with Gasteiger partial charge in [-0.2, -0.15) is 0 Å². The Hall–Kier alpha value is -1.64. The topological polar surface area (TPSA) is 43.4 Å². The highest BCUT2D eigenvalue weighted by molar-refractivity contribution is 6.30. The van der Waals surface area contributed by atoms with Crippen LogP contribution >= 0.6 is 0 Å². The van der Waals surface area contributed by atoms with E-state index < -0.39 is 5.41 Å². The molecule has 0 radical (unpaired) electrons. The highest BCUT2D eigenvalue weighted by Gasteiger charge is 2.50. The van der Waals surface area contributed by atoms with Crippen LogP contribution in [-0.4, -0.2) is 19.2 Å². The van der Waals surface area contributed by atoms with Gasteiger partial charge in [-0.1, -0.05) is 12.1 Å².